The first-order valence-corrected chi connectivity index (χ1v) is 7.35. The molecule has 2 aromatic rings. The van der Waals surface area contributed by atoms with E-state index in [0.717, 1.165) is 0 Å². The first-order valence-electron chi connectivity index (χ1n) is 7.35. The highest BCUT2D eigenvalue weighted by atomic mass is 16.5. The Balaban J connectivity index is 2.20. The molecule has 2 atom stereocenters. The van der Waals surface area contributed by atoms with Crippen molar-refractivity contribution >= 4 is 6.29 Å². The second-order valence-corrected chi connectivity index (χ2v) is 5.09. The second-order valence-electron chi connectivity index (χ2n) is 5.09. The fraction of sp³-hybridized carbons (Fsp3) is 0.278. The zero-order chi connectivity index (χ0) is 17.5. The maximum absolute atomic E-state index is 10.8. The van der Waals surface area contributed by atoms with Crippen molar-refractivity contribution in [1.82, 2.24) is 0 Å². The molecule has 24 heavy (non-hydrogen) atoms. The van der Waals surface area contributed by atoms with E-state index >= 15 is 0 Å². The highest BCUT2D eigenvalue weighted by Crippen LogP contribution is 2.31. The zero-order valence-corrected chi connectivity index (χ0v) is 13.5. The van der Waals surface area contributed by atoms with Crippen LogP contribution in [0.15, 0.2) is 42.5 Å². The number of aldehydes is 1. The van der Waals surface area contributed by atoms with Gasteiger partial charge in [0, 0.05) is 5.56 Å². The molecule has 0 amide bonds. The zero-order valence-electron chi connectivity index (χ0n) is 13.5. The molecule has 0 aromatic heterocycles. The van der Waals surface area contributed by atoms with E-state index in [-0.39, 0.29) is 0 Å². The Labute approximate surface area is 140 Å². The lowest BCUT2D eigenvalue weighted by Crippen LogP contribution is -2.29. The van der Waals surface area contributed by atoms with Gasteiger partial charge in [0.05, 0.1) is 20.8 Å². The van der Waals surface area contributed by atoms with Crippen LogP contribution in [0.3, 0.4) is 0 Å². The number of aliphatic hydroxyl groups excluding tert-OH is 2. The van der Waals surface area contributed by atoms with E-state index in [0.29, 0.717) is 34.7 Å². The highest BCUT2D eigenvalue weighted by Gasteiger charge is 2.23. The first-order chi connectivity index (χ1) is 11.6. The maximum Gasteiger partial charge on any atom is 0.161 e. The van der Waals surface area contributed by atoms with Crippen LogP contribution in [0.2, 0.25) is 0 Å². The maximum atomic E-state index is 10.8. The molecule has 2 aromatic carbocycles. The predicted octanol–water partition coefficient (Wildman–Crippen LogP) is 1.99. The summed E-state index contributed by atoms with van der Waals surface area (Å²) >= 11 is 0. The third kappa shape index (κ3) is 4.04. The van der Waals surface area contributed by atoms with Crippen molar-refractivity contribution in [3.05, 3.63) is 53.6 Å². The minimum absolute atomic E-state index is 0.328. The number of hydrogen-bond donors (Lipinski definition) is 2. The van der Waals surface area contributed by atoms with Crippen LogP contribution in [-0.2, 0) is 0 Å². The van der Waals surface area contributed by atoms with Crippen molar-refractivity contribution in [1.29, 1.82) is 0 Å². The van der Waals surface area contributed by atoms with Gasteiger partial charge in [0.1, 0.15) is 18.1 Å². The Morgan fingerprint density at radius 1 is 1.04 bits per heavy atom. The first kappa shape index (κ1) is 17.8. The van der Waals surface area contributed by atoms with E-state index < -0.39 is 18.8 Å². The summed E-state index contributed by atoms with van der Waals surface area (Å²) in [6.07, 6.45) is -1.24. The number of aliphatic hydroxyl groups is 2. The molecule has 0 heterocycles. The van der Waals surface area contributed by atoms with Gasteiger partial charge in [-0.1, -0.05) is 12.1 Å². The lowest BCUT2D eigenvalue weighted by Gasteiger charge is -2.24. The van der Waals surface area contributed by atoms with E-state index in [9.17, 15) is 15.0 Å². The SMILES string of the molecule is COc1ccc([C@H](O)[C@@H](CO)Oc2ccc(C=O)cc2OC)cc1. The molecular formula is C18H20O6. The summed E-state index contributed by atoms with van der Waals surface area (Å²) in [5.74, 6) is 1.34. The van der Waals surface area contributed by atoms with Crippen molar-refractivity contribution in [2.75, 3.05) is 20.8 Å². The summed E-state index contributed by atoms with van der Waals surface area (Å²) in [4.78, 5) is 10.8. The second kappa shape index (κ2) is 8.33. The molecule has 0 radical (unpaired) electrons. The molecule has 0 spiro atoms. The van der Waals surface area contributed by atoms with Gasteiger partial charge in [0.2, 0.25) is 0 Å². The fourth-order valence-corrected chi connectivity index (χ4v) is 2.24. The molecule has 6 nitrogen and oxygen atoms in total. The number of methoxy groups -OCH3 is 2. The molecule has 0 aliphatic rings. The molecule has 6 heteroatoms. The molecule has 0 bridgehead atoms. The van der Waals surface area contributed by atoms with Crippen molar-refractivity contribution in [3.8, 4) is 17.2 Å². The van der Waals surface area contributed by atoms with Gasteiger partial charge < -0.3 is 24.4 Å². The van der Waals surface area contributed by atoms with Crippen molar-refractivity contribution in [2.24, 2.45) is 0 Å². The van der Waals surface area contributed by atoms with Gasteiger partial charge in [-0.3, -0.25) is 4.79 Å². The molecule has 2 N–H and O–H groups in total. The van der Waals surface area contributed by atoms with Crippen LogP contribution in [0.1, 0.15) is 22.0 Å². The third-order valence-electron chi connectivity index (χ3n) is 3.59. The molecule has 0 fully saturated rings. The molecule has 0 aliphatic heterocycles. The number of ether oxygens (including phenoxy) is 3. The van der Waals surface area contributed by atoms with Crippen LogP contribution >= 0.6 is 0 Å². The Morgan fingerprint density at radius 3 is 2.29 bits per heavy atom. The van der Waals surface area contributed by atoms with Crippen LogP contribution in [0.25, 0.3) is 0 Å². The summed E-state index contributed by atoms with van der Waals surface area (Å²) in [5.41, 5.74) is 1.02. The summed E-state index contributed by atoms with van der Waals surface area (Å²) in [7, 11) is 3.00. The average Bonchev–Trinajstić information content (AvgIpc) is 2.65. The van der Waals surface area contributed by atoms with Crippen LogP contribution in [0.5, 0.6) is 17.2 Å². The number of benzene rings is 2. The molecule has 128 valence electrons. The van der Waals surface area contributed by atoms with Crippen LogP contribution in [0.4, 0.5) is 0 Å². The fourth-order valence-electron chi connectivity index (χ4n) is 2.24. The highest BCUT2D eigenvalue weighted by molar-refractivity contribution is 5.76. The van der Waals surface area contributed by atoms with Gasteiger partial charge in [-0.15, -0.1) is 0 Å². The van der Waals surface area contributed by atoms with Crippen LogP contribution in [0, 0.1) is 0 Å². The van der Waals surface area contributed by atoms with Gasteiger partial charge >= 0.3 is 0 Å². The summed E-state index contributed by atoms with van der Waals surface area (Å²) in [6, 6.07) is 11.5. The Kier molecular flexibility index (Phi) is 6.17. The standard InChI is InChI=1S/C18H20O6/c1-22-14-6-4-13(5-7-14)18(21)17(11-20)24-15-8-3-12(10-19)9-16(15)23-2/h3-10,17-18,20-21H,11H2,1-2H3/t17-,18+/m1/s1. The predicted molar refractivity (Wildman–Crippen MR) is 87.8 cm³/mol. The minimum atomic E-state index is -1.05. The Bertz CT molecular complexity index is 668. The molecule has 0 unspecified atom stereocenters. The lowest BCUT2D eigenvalue weighted by atomic mass is 10.0. The summed E-state index contributed by atoms with van der Waals surface area (Å²) in [5, 5.41) is 20.0. The van der Waals surface area contributed by atoms with Gasteiger partial charge in [0.15, 0.2) is 17.6 Å². The summed E-state index contributed by atoms with van der Waals surface area (Å²) < 4.78 is 15.9. The topological polar surface area (TPSA) is 85.2 Å². The summed E-state index contributed by atoms with van der Waals surface area (Å²) in [6.45, 7) is -0.397. The quantitative estimate of drug-likeness (QED) is 0.719. The van der Waals surface area contributed by atoms with Gasteiger partial charge in [-0.2, -0.15) is 0 Å². The molecule has 2 rings (SSSR count). The lowest BCUT2D eigenvalue weighted by molar-refractivity contribution is -0.000432. The molecule has 0 aliphatic carbocycles. The van der Waals surface area contributed by atoms with E-state index in [1.165, 1.54) is 13.2 Å². The van der Waals surface area contributed by atoms with E-state index in [1.54, 1.807) is 43.5 Å². The van der Waals surface area contributed by atoms with E-state index in [2.05, 4.69) is 0 Å². The van der Waals surface area contributed by atoms with Crippen molar-refractivity contribution in [2.45, 2.75) is 12.2 Å². The number of hydrogen-bond acceptors (Lipinski definition) is 6. The van der Waals surface area contributed by atoms with Crippen LogP contribution in [-0.4, -0.2) is 43.4 Å². The molecule has 0 saturated heterocycles. The number of carbonyl (C=O) groups is 1. The van der Waals surface area contributed by atoms with Gasteiger partial charge in [0.25, 0.3) is 0 Å². The number of carbonyl (C=O) groups excluding carboxylic acids is 1. The third-order valence-corrected chi connectivity index (χ3v) is 3.59. The minimum Gasteiger partial charge on any atom is -0.497 e. The largest absolute Gasteiger partial charge is 0.497 e. The Morgan fingerprint density at radius 2 is 1.75 bits per heavy atom. The van der Waals surface area contributed by atoms with E-state index in [1.807, 2.05) is 0 Å². The van der Waals surface area contributed by atoms with E-state index in [4.69, 9.17) is 14.2 Å². The monoisotopic (exact) mass is 332 g/mol. The van der Waals surface area contributed by atoms with Gasteiger partial charge in [-0.25, -0.2) is 0 Å². The van der Waals surface area contributed by atoms with Crippen molar-refractivity contribution < 1.29 is 29.2 Å². The normalized spacial score (nSPS) is 13.0. The smallest absolute Gasteiger partial charge is 0.161 e. The molecule has 0 saturated carbocycles. The Hall–Kier alpha value is -2.57. The van der Waals surface area contributed by atoms with Crippen molar-refractivity contribution in [3.63, 3.8) is 0 Å². The molecular weight excluding hydrogens is 312 g/mol. The average molecular weight is 332 g/mol. The van der Waals surface area contributed by atoms with Gasteiger partial charge in [-0.05, 0) is 35.9 Å². The van der Waals surface area contributed by atoms with Crippen LogP contribution < -0.4 is 14.2 Å². The number of rotatable bonds is 8.